The number of amides is 1. The molecule has 4 nitrogen and oxygen atoms in total. The van der Waals surface area contributed by atoms with E-state index in [9.17, 15) is 4.79 Å². The molecule has 1 aromatic carbocycles. The number of benzene rings is 1. The van der Waals surface area contributed by atoms with E-state index in [1.54, 1.807) is 11.8 Å². The number of ether oxygens (including phenoxy) is 1. The van der Waals surface area contributed by atoms with Crippen LogP contribution in [-0.4, -0.2) is 41.2 Å². The Morgan fingerprint density at radius 3 is 2.58 bits per heavy atom. The number of hydrogen-bond acceptors (Lipinski definition) is 3. The van der Waals surface area contributed by atoms with Crippen molar-refractivity contribution in [2.45, 2.75) is 39.8 Å². The molecule has 1 amide bonds. The standard InChI is InChI=1S/C15H23NO3/c1-11(2)16(8-9-17)15(18)13(4)19-14-7-5-6-12(3)10-14/h5-7,10-11,13,17H,8-9H2,1-4H3. The van der Waals surface area contributed by atoms with Crippen LogP contribution in [0.15, 0.2) is 24.3 Å². The van der Waals surface area contributed by atoms with E-state index in [-0.39, 0.29) is 18.6 Å². The maximum Gasteiger partial charge on any atom is 0.263 e. The van der Waals surface area contributed by atoms with Crippen LogP contribution in [0, 0.1) is 6.92 Å². The molecule has 0 aliphatic carbocycles. The van der Waals surface area contributed by atoms with Crippen molar-refractivity contribution in [1.82, 2.24) is 4.90 Å². The third-order valence-corrected chi connectivity index (χ3v) is 2.90. The molecule has 1 atom stereocenters. The molecule has 1 unspecified atom stereocenters. The molecule has 19 heavy (non-hydrogen) atoms. The summed E-state index contributed by atoms with van der Waals surface area (Å²) in [6, 6.07) is 7.66. The minimum Gasteiger partial charge on any atom is -0.481 e. The molecule has 0 aliphatic rings. The fourth-order valence-electron chi connectivity index (χ4n) is 1.91. The van der Waals surface area contributed by atoms with Gasteiger partial charge in [0.1, 0.15) is 5.75 Å². The normalized spacial score (nSPS) is 12.3. The second kappa shape index (κ2) is 7.14. The first-order valence-corrected chi connectivity index (χ1v) is 6.60. The van der Waals surface area contributed by atoms with Gasteiger partial charge in [0.25, 0.3) is 5.91 Å². The van der Waals surface area contributed by atoms with Crippen LogP contribution in [0.25, 0.3) is 0 Å². The average Bonchev–Trinajstić information content (AvgIpc) is 2.34. The molecule has 106 valence electrons. The van der Waals surface area contributed by atoms with Gasteiger partial charge in [0.15, 0.2) is 6.10 Å². The van der Waals surface area contributed by atoms with Gasteiger partial charge in [0.05, 0.1) is 6.61 Å². The fraction of sp³-hybridized carbons (Fsp3) is 0.533. The van der Waals surface area contributed by atoms with E-state index in [0.717, 1.165) is 5.56 Å². The molecule has 0 spiro atoms. The van der Waals surface area contributed by atoms with Crippen molar-refractivity contribution in [3.05, 3.63) is 29.8 Å². The van der Waals surface area contributed by atoms with E-state index in [1.807, 2.05) is 45.0 Å². The topological polar surface area (TPSA) is 49.8 Å². The van der Waals surface area contributed by atoms with Crippen molar-refractivity contribution >= 4 is 5.91 Å². The Hall–Kier alpha value is -1.55. The molecule has 1 N–H and O–H groups in total. The van der Waals surface area contributed by atoms with Gasteiger partial charge in [0, 0.05) is 12.6 Å². The predicted molar refractivity (Wildman–Crippen MR) is 75.2 cm³/mol. The lowest BCUT2D eigenvalue weighted by atomic mass is 10.2. The van der Waals surface area contributed by atoms with Gasteiger partial charge < -0.3 is 14.7 Å². The lowest BCUT2D eigenvalue weighted by molar-refractivity contribution is -0.140. The van der Waals surface area contributed by atoms with E-state index in [1.165, 1.54) is 0 Å². The molecular weight excluding hydrogens is 242 g/mol. The second-order valence-electron chi connectivity index (χ2n) is 4.93. The first-order valence-electron chi connectivity index (χ1n) is 6.60. The van der Waals surface area contributed by atoms with Crippen molar-refractivity contribution in [2.75, 3.05) is 13.2 Å². The first-order chi connectivity index (χ1) is 8.95. The van der Waals surface area contributed by atoms with E-state index >= 15 is 0 Å². The smallest absolute Gasteiger partial charge is 0.263 e. The van der Waals surface area contributed by atoms with Crippen LogP contribution in [-0.2, 0) is 4.79 Å². The molecule has 0 saturated heterocycles. The first kappa shape index (κ1) is 15.5. The molecule has 1 rings (SSSR count). The third kappa shape index (κ3) is 4.56. The van der Waals surface area contributed by atoms with Crippen molar-refractivity contribution in [3.63, 3.8) is 0 Å². The highest BCUT2D eigenvalue weighted by Gasteiger charge is 2.23. The van der Waals surface area contributed by atoms with E-state index < -0.39 is 6.10 Å². The van der Waals surface area contributed by atoms with Crippen LogP contribution >= 0.6 is 0 Å². The molecule has 0 heterocycles. The number of aliphatic hydroxyl groups is 1. The van der Waals surface area contributed by atoms with Gasteiger partial charge in [-0.05, 0) is 45.4 Å². The van der Waals surface area contributed by atoms with Gasteiger partial charge in [0.2, 0.25) is 0 Å². The van der Waals surface area contributed by atoms with Gasteiger partial charge in [-0.3, -0.25) is 4.79 Å². The van der Waals surface area contributed by atoms with Gasteiger partial charge in [-0.1, -0.05) is 12.1 Å². The van der Waals surface area contributed by atoms with Gasteiger partial charge in [-0.2, -0.15) is 0 Å². The highest BCUT2D eigenvalue weighted by molar-refractivity contribution is 5.81. The van der Waals surface area contributed by atoms with Gasteiger partial charge in [-0.25, -0.2) is 0 Å². The van der Waals surface area contributed by atoms with Crippen LogP contribution in [0.5, 0.6) is 5.75 Å². The quantitative estimate of drug-likeness (QED) is 0.855. The van der Waals surface area contributed by atoms with E-state index in [0.29, 0.717) is 12.3 Å². The van der Waals surface area contributed by atoms with Gasteiger partial charge in [-0.15, -0.1) is 0 Å². The maximum atomic E-state index is 12.3. The molecule has 0 radical (unpaired) electrons. The van der Waals surface area contributed by atoms with Crippen molar-refractivity contribution in [1.29, 1.82) is 0 Å². The molecular formula is C15H23NO3. The number of rotatable bonds is 6. The summed E-state index contributed by atoms with van der Waals surface area (Å²) in [5, 5.41) is 9.01. The Bertz CT molecular complexity index is 418. The van der Waals surface area contributed by atoms with Crippen LogP contribution in [0.4, 0.5) is 0 Å². The van der Waals surface area contributed by atoms with Crippen molar-refractivity contribution < 1.29 is 14.6 Å². The Morgan fingerprint density at radius 2 is 2.05 bits per heavy atom. The van der Waals surface area contributed by atoms with E-state index in [2.05, 4.69) is 0 Å². The summed E-state index contributed by atoms with van der Waals surface area (Å²) in [6.45, 7) is 7.85. The van der Waals surface area contributed by atoms with Crippen LogP contribution in [0.3, 0.4) is 0 Å². The second-order valence-corrected chi connectivity index (χ2v) is 4.93. The highest BCUT2D eigenvalue weighted by Crippen LogP contribution is 2.15. The lowest BCUT2D eigenvalue weighted by Crippen LogP contribution is -2.45. The molecule has 0 aromatic heterocycles. The summed E-state index contributed by atoms with van der Waals surface area (Å²) in [6.07, 6.45) is -0.559. The number of carbonyl (C=O) groups excluding carboxylic acids is 1. The zero-order chi connectivity index (χ0) is 14.4. The molecule has 0 aliphatic heterocycles. The largest absolute Gasteiger partial charge is 0.481 e. The summed E-state index contributed by atoms with van der Waals surface area (Å²) < 4.78 is 5.66. The van der Waals surface area contributed by atoms with E-state index in [4.69, 9.17) is 9.84 Å². The number of aliphatic hydroxyl groups excluding tert-OH is 1. The zero-order valence-corrected chi connectivity index (χ0v) is 12.1. The Kier molecular flexibility index (Phi) is 5.83. The highest BCUT2D eigenvalue weighted by atomic mass is 16.5. The minimum absolute atomic E-state index is 0.0406. The Labute approximate surface area is 115 Å². The molecule has 1 aromatic rings. The molecule has 0 saturated carbocycles. The molecule has 4 heteroatoms. The summed E-state index contributed by atoms with van der Waals surface area (Å²) in [7, 11) is 0. The van der Waals surface area contributed by atoms with Crippen LogP contribution in [0.1, 0.15) is 26.3 Å². The number of hydrogen-bond donors (Lipinski definition) is 1. The number of aryl methyl sites for hydroxylation is 1. The summed E-state index contributed by atoms with van der Waals surface area (Å²) in [5.74, 6) is 0.583. The zero-order valence-electron chi connectivity index (χ0n) is 12.1. The van der Waals surface area contributed by atoms with Crippen molar-refractivity contribution in [3.8, 4) is 5.75 Å². The Balaban J connectivity index is 2.70. The maximum absolute atomic E-state index is 12.3. The third-order valence-electron chi connectivity index (χ3n) is 2.90. The summed E-state index contributed by atoms with van der Waals surface area (Å²) in [4.78, 5) is 13.9. The monoisotopic (exact) mass is 265 g/mol. The fourth-order valence-corrected chi connectivity index (χ4v) is 1.91. The lowest BCUT2D eigenvalue weighted by Gasteiger charge is -2.28. The van der Waals surface area contributed by atoms with Gasteiger partial charge >= 0.3 is 0 Å². The molecule has 0 fully saturated rings. The van der Waals surface area contributed by atoms with Crippen LogP contribution in [0.2, 0.25) is 0 Å². The van der Waals surface area contributed by atoms with Crippen molar-refractivity contribution in [2.24, 2.45) is 0 Å². The molecule has 0 bridgehead atoms. The summed E-state index contributed by atoms with van der Waals surface area (Å²) in [5.41, 5.74) is 1.09. The minimum atomic E-state index is -0.559. The average molecular weight is 265 g/mol. The Morgan fingerprint density at radius 1 is 1.37 bits per heavy atom. The SMILES string of the molecule is Cc1cccc(OC(C)C(=O)N(CCO)C(C)C)c1. The summed E-state index contributed by atoms with van der Waals surface area (Å²) >= 11 is 0. The number of nitrogens with zero attached hydrogens (tertiary/aromatic N) is 1. The number of carbonyl (C=O) groups is 1. The van der Waals surface area contributed by atoms with Crippen LogP contribution < -0.4 is 4.74 Å². The predicted octanol–water partition coefficient (Wildman–Crippen LogP) is 1.99.